The molecule has 0 aliphatic carbocycles. The zero-order valence-electron chi connectivity index (χ0n) is 8.92. The van der Waals surface area contributed by atoms with E-state index in [-0.39, 0.29) is 0 Å². The normalized spacial score (nSPS) is 25.8. The van der Waals surface area contributed by atoms with Gasteiger partial charge in [-0.1, -0.05) is 43.7 Å². The summed E-state index contributed by atoms with van der Waals surface area (Å²) in [6.45, 7) is 3.47. The van der Waals surface area contributed by atoms with Gasteiger partial charge in [-0.05, 0) is 31.4 Å². The molecule has 1 unspecified atom stereocenters. The molecular weight excluding hydrogens is 170 g/mol. The minimum absolute atomic E-state index is 0.427. The Labute approximate surface area is 86.5 Å². The van der Waals surface area contributed by atoms with Crippen LogP contribution in [0.25, 0.3) is 0 Å². The number of nitrogens with one attached hydrogen (secondary N) is 1. The first-order valence-electron chi connectivity index (χ1n) is 5.64. The first kappa shape index (κ1) is 9.72. The van der Waals surface area contributed by atoms with Crippen molar-refractivity contribution in [3.05, 3.63) is 35.9 Å². The lowest BCUT2D eigenvalue weighted by atomic mass is 9.78. The third kappa shape index (κ3) is 1.98. The molecule has 1 aromatic carbocycles. The van der Waals surface area contributed by atoms with Gasteiger partial charge in [0.1, 0.15) is 0 Å². The van der Waals surface area contributed by atoms with E-state index in [2.05, 4.69) is 42.6 Å². The second-order valence-corrected chi connectivity index (χ2v) is 4.37. The Balaban J connectivity index is 2.01. The molecule has 0 aromatic heterocycles. The first-order chi connectivity index (χ1) is 6.85. The van der Waals surface area contributed by atoms with E-state index < -0.39 is 0 Å². The fourth-order valence-corrected chi connectivity index (χ4v) is 2.40. The molecule has 1 heterocycles. The summed E-state index contributed by atoms with van der Waals surface area (Å²) in [5.74, 6) is 0. The molecule has 1 aliphatic heterocycles. The van der Waals surface area contributed by atoms with Gasteiger partial charge in [0.2, 0.25) is 0 Å². The maximum absolute atomic E-state index is 3.61. The molecule has 1 N–H and O–H groups in total. The van der Waals surface area contributed by atoms with Crippen molar-refractivity contribution in [2.24, 2.45) is 0 Å². The van der Waals surface area contributed by atoms with Gasteiger partial charge in [0.05, 0.1) is 0 Å². The van der Waals surface area contributed by atoms with Crippen LogP contribution in [0, 0.1) is 0 Å². The molecule has 14 heavy (non-hydrogen) atoms. The van der Waals surface area contributed by atoms with E-state index in [9.17, 15) is 0 Å². The van der Waals surface area contributed by atoms with Crippen LogP contribution in [0.4, 0.5) is 0 Å². The summed E-state index contributed by atoms with van der Waals surface area (Å²) in [5.41, 5.74) is 1.89. The fraction of sp³-hybridized carbons (Fsp3) is 0.538. The van der Waals surface area contributed by atoms with Crippen LogP contribution in [-0.4, -0.2) is 12.1 Å². The maximum Gasteiger partial charge on any atom is 0.0233 e. The molecule has 76 valence electrons. The largest absolute Gasteiger partial charge is 0.311 e. The standard InChI is InChI=1S/C13H19N/c1-2-8-13(9-10-14-13)11-12-6-4-3-5-7-12/h3-7,14H,2,8-11H2,1H3. The minimum atomic E-state index is 0.427. The van der Waals surface area contributed by atoms with Crippen LogP contribution in [-0.2, 0) is 6.42 Å². The number of rotatable bonds is 4. The molecule has 1 nitrogen and oxygen atoms in total. The van der Waals surface area contributed by atoms with Crippen LogP contribution < -0.4 is 5.32 Å². The van der Waals surface area contributed by atoms with Gasteiger partial charge in [-0.25, -0.2) is 0 Å². The lowest BCUT2D eigenvalue weighted by Gasteiger charge is -2.43. The van der Waals surface area contributed by atoms with Gasteiger partial charge >= 0.3 is 0 Å². The maximum atomic E-state index is 3.61. The van der Waals surface area contributed by atoms with Gasteiger partial charge in [-0.15, -0.1) is 0 Å². The Kier molecular flexibility index (Phi) is 2.87. The Bertz CT molecular complexity index is 275. The average molecular weight is 189 g/mol. The van der Waals surface area contributed by atoms with Crippen molar-refractivity contribution in [3.8, 4) is 0 Å². The van der Waals surface area contributed by atoms with E-state index >= 15 is 0 Å². The van der Waals surface area contributed by atoms with Crippen LogP contribution >= 0.6 is 0 Å². The van der Waals surface area contributed by atoms with Crippen LogP contribution in [0.3, 0.4) is 0 Å². The van der Waals surface area contributed by atoms with E-state index in [4.69, 9.17) is 0 Å². The first-order valence-corrected chi connectivity index (χ1v) is 5.64. The van der Waals surface area contributed by atoms with Crippen LogP contribution in [0.1, 0.15) is 31.7 Å². The summed E-state index contributed by atoms with van der Waals surface area (Å²) in [7, 11) is 0. The van der Waals surface area contributed by atoms with Gasteiger partial charge in [-0.3, -0.25) is 0 Å². The van der Waals surface area contributed by atoms with Crippen molar-refractivity contribution in [2.75, 3.05) is 6.54 Å². The van der Waals surface area contributed by atoms with Crippen molar-refractivity contribution in [3.63, 3.8) is 0 Å². The van der Waals surface area contributed by atoms with E-state index in [0.717, 1.165) is 0 Å². The van der Waals surface area contributed by atoms with Gasteiger partial charge in [0.25, 0.3) is 0 Å². The highest BCUT2D eigenvalue weighted by Gasteiger charge is 2.34. The lowest BCUT2D eigenvalue weighted by molar-refractivity contribution is 0.188. The van der Waals surface area contributed by atoms with Crippen LogP contribution in [0.15, 0.2) is 30.3 Å². The third-order valence-electron chi connectivity index (χ3n) is 3.22. The molecule has 1 atom stereocenters. The lowest BCUT2D eigenvalue weighted by Crippen LogP contribution is -2.58. The molecule has 0 radical (unpaired) electrons. The number of hydrogen-bond acceptors (Lipinski definition) is 1. The fourth-order valence-electron chi connectivity index (χ4n) is 2.40. The molecule has 1 heteroatoms. The third-order valence-corrected chi connectivity index (χ3v) is 3.22. The molecular formula is C13H19N. The minimum Gasteiger partial charge on any atom is -0.311 e. The molecule has 1 saturated heterocycles. The predicted octanol–water partition coefficient (Wildman–Crippen LogP) is 2.76. The smallest absolute Gasteiger partial charge is 0.0233 e. The molecule has 1 aliphatic rings. The topological polar surface area (TPSA) is 12.0 Å². The van der Waals surface area contributed by atoms with E-state index in [0.29, 0.717) is 5.54 Å². The SMILES string of the molecule is CCCC1(Cc2ccccc2)CCN1. The van der Waals surface area contributed by atoms with Crippen molar-refractivity contribution in [2.45, 2.75) is 38.1 Å². The molecule has 0 bridgehead atoms. The predicted molar refractivity (Wildman–Crippen MR) is 60.4 cm³/mol. The van der Waals surface area contributed by atoms with Gasteiger partial charge in [0, 0.05) is 5.54 Å². The molecule has 0 spiro atoms. The summed E-state index contributed by atoms with van der Waals surface area (Å²) >= 11 is 0. The zero-order chi connectivity index (χ0) is 9.86. The van der Waals surface area contributed by atoms with E-state index in [1.54, 1.807) is 0 Å². The Morgan fingerprint density at radius 3 is 2.50 bits per heavy atom. The van der Waals surface area contributed by atoms with E-state index in [1.807, 2.05) is 0 Å². The second kappa shape index (κ2) is 4.14. The highest BCUT2D eigenvalue weighted by molar-refractivity contribution is 5.19. The summed E-state index contributed by atoms with van der Waals surface area (Å²) in [6, 6.07) is 10.8. The Morgan fingerprint density at radius 2 is 2.00 bits per heavy atom. The quantitative estimate of drug-likeness (QED) is 0.768. The highest BCUT2D eigenvalue weighted by Crippen LogP contribution is 2.28. The highest BCUT2D eigenvalue weighted by atomic mass is 15.0. The molecule has 2 rings (SSSR count). The second-order valence-electron chi connectivity index (χ2n) is 4.37. The Hall–Kier alpha value is -0.820. The summed E-state index contributed by atoms with van der Waals surface area (Å²) in [4.78, 5) is 0. The monoisotopic (exact) mass is 189 g/mol. The van der Waals surface area contributed by atoms with Crippen LogP contribution in [0.5, 0.6) is 0 Å². The molecule has 1 aromatic rings. The van der Waals surface area contributed by atoms with Crippen molar-refractivity contribution < 1.29 is 0 Å². The summed E-state index contributed by atoms with van der Waals surface area (Å²) in [5, 5.41) is 3.61. The summed E-state index contributed by atoms with van der Waals surface area (Å²) < 4.78 is 0. The summed E-state index contributed by atoms with van der Waals surface area (Å²) in [6.07, 6.45) is 5.12. The molecule has 0 saturated carbocycles. The number of hydrogen-bond donors (Lipinski definition) is 1. The molecule has 1 fully saturated rings. The van der Waals surface area contributed by atoms with Gasteiger partial charge in [0.15, 0.2) is 0 Å². The van der Waals surface area contributed by atoms with Gasteiger partial charge in [-0.2, -0.15) is 0 Å². The number of benzene rings is 1. The Morgan fingerprint density at radius 1 is 1.29 bits per heavy atom. The van der Waals surface area contributed by atoms with Crippen LogP contribution in [0.2, 0.25) is 0 Å². The van der Waals surface area contributed by atoms with E-state index in [1.165, 1.54) is 37.8 Å². The van der Waals surface area contributed by atoms with Crippen molar-refractivity contribution in [1.29, 1.82) is 0 Å². The van der Waals surface area contributed by atoms with Crippen molar-refractivity contribution in [1.82, 2.24) is 5.32 Å². The zero-order valence-corrected chi connectivity index (χ0v) is 8.92. The van der Waals surface area contributed by atoms with Gasteiger partial charge < -0.3 is 5.32 Å². The average Bonchev–Trinajstić information content (AvgIpc) is 2.16. The molecule has 0 amide bonds. The van der Waals surface area contributed by atoms with Crippen molar-refractivity contribution >= 4 is 0 Å².